The monoisotopic (exact) mass is 265 g/mol. The second-order valence-electron chi connectivity index (χ2n) is 4.82. The first-order valence-corrected chi connectivity index (χ1v) is 6.27. The molecule has 0 fully saturated rings. The van der Waals surface area contributed by atoms with Crippen molar-refractivity contribution in [2.24, 2.45) is 5.73 Å². The van der Waals surface area contributed by atoms with Crippen molar-refractivity contribution in [3.8, 4) is 5.75 Å². The van der Waals surface area contributed by atoms with Crippen LogP contribution in [0.3, 0.4) is 0 Å². The maximum Gasteiger partial charge on any atom is 0.239 e. The van der Waals surface area contributed by atoms with Crippen molar-refractivity contribution in [1.29, 1.82) is 0 Å². The highest BCUT2D eigenvalue weighted by Crippen LogP contribution is 2.22. The zero-order valence-corrected chi connectivity index (χ0v) is 12.1. The number of amides is 1. The maximum atomic E-state index is 11.6. The van der Waals surface area contributed by atoms with Gasteiger partial charge in [-0.25, -0.2) is 0 Å². The highest BCUT2D eigenvalue weighted by molar-refractivity contribution is 5.81. The van der Waals surface area contributed by atoms with Gasteiger partial charge in [-0.15, -0.1) is 0 Å². The van der Waals surface area contributed by atoms with Gasteiger partial charge < -0.3 is 20.7 Å². The average Bonchev–Trinajstić information content (AvgIpc) is 2.33. The van der Waals surface area contributed by atoms with Crippen LogP contribution >= 0.6 is 0 Å². The van der Waals surface area contributed by atoms with Crippen molar-refractivity contribution in [2.75, 3.05) is 34.3 Å². The molecule has 19 heavy (non-hydrogen) atoms. The molecule has 1 rings (SSSR count). The quantitative estimate of drug-likeness (QED) is 0.761. The van der Waals surface area contributed by atoms with Crippen LogP contribution in [0.15, 0.2) is 18.2 Å². The van der Waals surface area contributed by atoms with Crippen LogP contribution in [0, 0.1) is 6.92 Å². The lowest BCUT2D eigenvalue weighted by Gasteiger charge is -2.18. The molecule has 1 amide bonds. The fourth-order valence-electron chi connectivity index (χ4n) is 1.90. The SMILES string of the molecule is COc1ccc(C(NCCN(C)C)C(N)=O)cc1C. The minimum absolute atomic E-state index is 0.372. The van der Waals surface area contributed by atoms with Gasteiger partial charge in [0.1, 0.15) is 11.8 Å². The molecule has 0 aliphatic heterocycles. The van der Waals surface area contributed by atoms with Crippen LogP contribution in [0.5, 0.6) is 5.75 Å². The third-order valence-corrected chi connectivity index (χ3v) is 2.94. The summed E-state index contributed by atoms with van der Waals surface area (Å²) in [5.74, 6) is 0.434. The molecule has 0 spiro atoms. The zero-order chi connectivity index (χ0) is 14.4. The van der Waals surface area contributed by atoms with Gasteiger partial charge >= 0.3 is 0 Å². The van der Waals surface area contributed by atoms with Crippen LogP contribution in [0.1, 0.15) is 17.2 Å². The predicted molar refractivity (Wildman–Crippen MR) is 76.2 cm³/mol. The first-order chi connectivity index (χ1) is 8.95. The van der Waals surface area contributed by atoms with E-state index in [2.05, 4.69) is 5.32 Å². The molecule has 5 heteroatoms. The smallest absolute Gasteiger partial charge is 0.239 e. The number of benzene rings is 1. The topological polar surface area (TPSA) is 67.6 Å². The number of likely N-dealkylation sites (N-methyl/N-ethyl adjacent to an activating group) is 1. The number of methoxy groups -OCH3 is 1. The number of hydrogen-bond donors (Lipinski definition) is 2. The van der Waals surface area contributed by atoms with E-state index in [0.717, 1.165) is 23.4 Å². The molecule has 3 N–H and O–H groups in total. The number of aryl methyl sites for hydroxylation is 1. The van der Waals surface area contributed by atoms with E-state index in [9.17, 15) is 4.79 Å². The van der Waals surface area contributed by atoms with Gasteiger partial charge in [0.2, 0.25) is 5.91 Å². The van der Waals surface area contributed by atoms with E-state index in [1.165, 1.54) is 0 Å². The normalized spacial score (nSPS) is 12.5. The molecule has 0 saturated heterocycles. The Hall–Kier alpha value is -1.59. The van der Waals surface area contributed by atoms with Gasteiger partial charge in [-0.2, -0.15) is 0 Å². The maximum absolute atomic E-state index is 11.6. The van der Waals surface area contributed by atoms with Crippen LogP contribution in [0.4, 0.5) is 0 Å². The number of carbonyl (C=O) groups excluding carboxylic acids is 1. The lowest BCUT2D eigenvalue weighted by molar-refractivity contribution is -0.120. The summed E-state index contributed by atoms with van der Waals surface area (Å²) in [6.07, 6.45) is 0. The molecule has 1 aromatic carbocycles. The Morgan fingerprint density at radius 3 is 2.63 bits per heavy atom. The number of primary amides is 1. The molecule has 0 aromatic heterocycles. The molecule has 0 radical (unpaired) electrons. The summed E-state index contributed by atoms with van der Waals surface area (Å²) in [6.45, 7) is 3.49. The predicted octanol–water partition coefficient (Wildman–Crippen LogP) is 0.681. The van der Waals surface area contributed by atoms with Crippen molar-refractivity contribution in [2.45, 2.75) is 13.0 Å². The highest BCUT2D eigenvalue weighted by atomic mass is 16.5. The van der Waals surface area contributed by atoms with Crippen molar-refractivity contribution in [3.05, 3.63) is 29.3 Å². The van der Waals surface area contributed by atoms with Crippen LogP contribution in [0.25, 0.3) is 0 Å². The van der Waals surface area contributed by atoms with Gasteiger partial charge in [0.05, 0.1) is 7.11 Å². The largest absolute Gasteiger partial charge is 0.496 e. The number of rotatable bonds is 7. The van der Waals surface area contributed by atoms with Gasteiger partial charge in [-0.3, -0.25) is 4.79 Å². The van der Waals surface area contributed by atoms with Crippen molar-refractivity contribution in [1.82, 2.24) is 10.2 Å². The van der Waals surface area contributed by atoms with Crippen LogP contribution in [-0.4, -0.2) is 45.1 Å². The van der Waals surface area contributed by atoms with Crippen molar-refractivity contribution in [3.63, 3.8) is 0 Å². The summed E-state index contributed by atoms with van der Waals surface area (Å²) < 4.78 is 5.21. The summed E-state index contributed by atoms with van der Waals surface area (Å²) >= 11 is 0. The average molecular weight is 265 g/mol. The van der Waals surface area contributed by atoms with Gasteiger partial charge in [-0.1, -0.05) is 12.1 Å². The standard InChI is InChI=1S/C14H23N3O2/c1-10-9-11(5-6-12(10)19-4)13(14(15)18)16-7-8-17(2)3/h5-6,9,13,16H,7-8H2,1-4H3,(H2,15,18). The molecule has 5 nitrogen and oxygen atoms in total. The number of nitrogens with zero attached hydrogens (tertiary/aromatic N) is 1. The van der Waals surface area contributed by atoms with Crippen LogP contribution in [-0.2, 0) is 4.79 Å². The Morgan fingerprint density at radius 1 is 1.47 bits per heavy atom. The summed E-state index contributed by atoms with van der Waals surface area (Å²) in [6, 6.07) is 5.18. The Bertz CT molecular complexity index is 433. The molecule has 1 atom stereocenters. The van der Waals surface area contributed by atoms with Crippen molar-refractivity contribution >= 4 is 5.91 Å². The molecule has 0 aliphatic rings. The lowest BCUT2D eigenvalue weighted by Crippen LogP contribution is -2.37. The second kappa shape index (κ2) is 7.11. The molecule has 106 valence electrons. The number of hydrogen-bond acceptors (Lipinski definition) is 4. The van der Waals surface area contributed by atoms with E-state index in [1.54, 1.807) is 7.11 Å². The molecule has 0 bridgehead atoms. The number of nitrogens with two attached hydrogens (primary N) is 1. The number of nitrogens with one attached hydrogen (secondary N) is 1. The summed E-state index contributed by atoms with van der Waals surface area (Å²) in [4.78, 5) is 13.6. The fourth-order valence-corrected chi connectivity index (χ4v) is 1.90. The lowest BCUT2D eigenvalue weighted by atomic mass is 10.0. The summed E-state index contributed by atoms with van der Waals surface area (Å²) in [5, 5.41) is 3.17. The molecular weight excluding hydrogens is 242 g/mol. The van der Waals surface area contributed by atoms with E-state index >= 15 is 0 Å². The first kappa shape index (κ1) is 15.5. The fraction of sp³-hybridized carbons (Fsp3) is 0.500. The van der Waals surface area contributed by atoms with Gasteiger partial charge in [0, 0.05) is 13.1 Å². The Labute approximate surface area is 114 Å². The van der Waals surface area contributed by atoms with E-state index in [4.69, 9.17) is 10.5 Å². The minimum atomic E-state index is -0.468. The zero-order valence-electron chi connectivity index (χ0n) is 12.1. The first-order valence-electron chi connectivity index (χ1n) is 6.27. The third kappa shape index (κ3) is 4.54. The van der Waals surface area contributed by atoms with Gasteiger partial charge in [-0.05, 0) is 38.2 Å². The van der Waals surface area contributed by atoms with E-state index in [1.807, 2.05) is 44.1 Å². The molecule has 0 heterocycles. The van der Waals surface area contributed by atoms with E-state index in [-0.39, 0.29) is 5.91 Å². The Kier molecular flexibility index (Phi) is 5.79. The molecule has 0 saturated carbocycles. The highest BCUT2D eigenvalue weighted by Gasteiger charge is 2.17. The van der Waals surface area contributed by atoms with E-state index < -0.39 is 6.04 Å². The van der Waals surface area contributed by atoms with Gasteiger partial charge in [0.25, 0.3) is 0 Å². The van der Waals surface area contributed by atoms with Crippen LogP contribution in [0.2, 0.25) is 0 Å². The molecular formula is C14H23N3O2. The minimum Gasteiger partial charge on any atom is -0.496 e. The number of ether oxygens (including phenoxy) is 1. The molecule has 1 unspecified atom stereocenters. The number of carbonyl (C=O) groups is 1. The third-order valence-electron chi connectivity index (χ3n) is 2.94. The van der Waals surface area contributed by atoms with Crippen LogP contribution < -0.4 is 15.8 Å². The summed E-state index contributed by atoms with van der Waals surface area (Å²) in [7, 11) is 5.60. The van der Waals surface area contributed by atoms with Crippen molar-refractivity contribution < 1.29 is 9.53 Å². The molecule has 1 aromatic rings. The summed E-state index contributed by atoms with van der Waals surface area (Å²) in [5.41, 5.74) is 7.31. The van der Waals surface area contributed by atoms with Gasteiger partial charge in [0.15, 0.2) is 0 Å². The Morgan fingerprint density at radius 2 is 2.16 bits per heavy atom. The van der Waals surface area contributed by atoms with E-state index in [0.29, 0.717) is 6.54 Å². The second-order valence-corrected chi connectivity index (χ2v) is 4.82. The Balaban J connectivity index is 2.81. The molecule has 0 aliphatic carbocycles.